The largest absolute Gasteiger partial charge is 0.462 e. The Balaban J connectivity index is 4.57. The summed E-state index contributed by atoms with van der Waals surface area (Å²) < 4.78 is 16.7. The van der Waals surface area contributed by atoms with Crippen molar-refractivity contribution in [2.24, 2.45) is 0 Å². The van der Waals surface area contributed by atoms with Crippen molar-refractivity contribution < 1.29 is 28.6 Å². The maximum Gasteiger partial charge on any atom is 0.306 e. The van der Waals surface area contributed by atoms with Crippen LogP contribution in [0.3, 0.4) is 0 Å². The van der Waals surface area contributed by atoms with Crippen LogP contribution in [0.5, 0.6) is 0 Å². The van der Waals surface area contributed by atoms with Gasteiger partial charge in [-0.1, -0.05) is 211 Å². The van der Waals surface area contributed by atoms with Crippen LogP contribution in [-0.4, -0.2) is 37.2 Å². The van der Waals surface area contributed by atoms with Crippen molar-refractivity contribution in [1.82, 2.24) is 0 Å². The summed E-state index contributed by atoms with van der Waals surface area (Å²) in [5.41, 5.74) is 0. The van der Waals surface area contributed by atoms with Crippen molar-refractivity contribution in [2.75, 3.05) is 13.2 Å². The van der Waals surface area contributed by atoms with E-state index < -0.39 is 6.10 Å². The molecule has 0 aromatic carbocycles. The highest BCUT2D eigenvalue weighted by atomic mass is 16.6. The molecule has 0 saturated carbocycles. The quantitative estimate of drug-likeness (QED) is 0.0262. The first kappa shape index (κ1) is 64.0. The molecule has 0 N–H and O–H groups in total. The number of allylic oxidation sites excluding steroid dienone is 26. The van der Waals surface area contributed by atoms with Gasteiger partial charge < -0.3 is 14.2 Å². The van der Waals surface area contributed by atoms with E-state index in [2.05, 4.69) is 167 Å². The molecule has 0 fully saturated rings. The molecule has 0 aromatic rings. The predicted molar refractivity (Wildman–Crippen MR) is 297 cm³/mol. The third-order valence-corrected chi connectivity index (χ3v) is 10.5. The van der Waals surface area contributed by atoms with Crippen LogP contribution in [0.2, 0.25) is 0 Å². The van der Waals surface area contributed by atoms with E-state index in [9.17, 15) is 14.4 Å². The zero-order chi connectivity index (χ0) is 50.0. The Hall–Kier alpha value is -4.97. The molecule has 6 nitrogen and oxygen atoms in total. The zero-order valence-electron chi connectivity index (χ0n) is 43.8. The standard InChI is InChI=1S/C63H96O6/c1-4-7-10-13-16-19-22-25-27-29-31-33-35-38-41-44-47-50-53-56-62(65)68-59-60(58-67-61(64)55-52-49-46-43-40-37-24-21-18-15-12-9-6-3)69-63(66)57-54-51-48-45-42-39-36-34-32-30-28-26-23-20-17-14-11-8-5-2/h7-12,16-21,25-28,31-34,37-38,40-41,46,49,60H,4-6,13-15,22-24,29-30,35-36,39,42-45,47-48,50-59H2,1-3H3/b10-7-,11-8-,12-9-,19-16-,20-17-,21-18-,27-25-,28-26-,33-31-,34-32-,40-37-,41-38-,49-46-. The van der Waals surface area contributed by atoms with Gasteiger partial charge in [0.1, 0.15) is 13.2 Å². The molecule has 0 bridgehead atoms. The Morgan fingerprint density at radius 1 is 0.290 bits per heavy atom. The van der Waals surface area contributed by atoms with Gasteiger partial charge in [0.2, 0.25) is 0 Å². The Morgan fingerprint density at radius 3 is 0.913 bits per heavy atom. The molecule has 1 atom stereocenters. The summed E-state index contributed by atoms with van der Waals surface area (Å²) in [6.45, 7) is 6.16. The van der Waals surface area contributed by atoms with Crippen LogP contribution < -0.4 is 0 Å². The molecule has 6 heteroatoms. The molecule has 0 amide bonds. The summed E-state index contributed by atoms with van der Waals surface area (Å²) in [6, 6.07) is 0. The van der Waals surface area contributed by atoms with Crippen molar-refractivity contribution in [2.45, 2.75) is 207 Å². The summed E-state index contributed by atoms with van der Waals surface area (Å²) in [5, 5.41) is 0. The van der Waals surface area contributed by atoms with E-state index in [0.717, 1.165) is 141 Å². The predicted octanol–water partition coefficient (Wildman–Crippen LogP) is 18.2. The highest BCUT2D eigenvalue weighted by molar-refractivity contribution is 5.71. The van der Waals surface area contributed by atoms with Crippen LogP contribution in [0.15, 0.2) is 158 Å². The van der Waals surface area contributed by atoms with E-state index >= 15 is 0 Å². The number of hydrogen-bond donors (Lipinski definition) is 0. The maximum absolute atomic E-state index is 12.8. The van der Waals surface area contributed by atoms with Crippen molar-refractivity contribution in [3.05, 3.63) is 158 Å². The molecular formula is C63H96O6. The van der Waals surface area contributed by atoms with Crippen LogP contribution in [-0.2, 0) is 28.6 Å². The van der Waals surface area contributed by atoms with E-state index in [1.54, 1.807) is 0 Å². The number of esters is 3. The minimum absolute atomic E-state index is 0.131. The van der Waals surface area contributed by atoms with Gasteiger partial charge in [0.25, 0.3) is 0 Å². The Kier molecular flexibility index (Phi) is 51.6. The summed E-state index contributed by atoms with van der Waals surface area (Å²) in [5.74, 6) is -1.07. The fourth-order valence-corrected chi connectivity index (χ4v) is 6.59. The molecule has 0 aliphatic carbocycles. The molecule has 384 valence electrons. The third-order valence-electron chi connectivity index (χ3n) is 10.5. The molecule has 0 radical (unpaired) electrons. The second-order valence-corrected chi connectivity index (χ2v) is 17.0. The highest BCUT2D eigenvalue weighted by Crippen LogP contribution is 2.12. The first-order valence-corrected chi connectivity index (χ1v) is 27.0. The zero-order valence-corrected chi connectivity index (χ0v) is 43.8. The van der Waals surface area contributed by atoms with Gasteiger partial charge in [-0.3, -0.25) is 14.4 Å². The smallest absolute Gasteiger partial charge is 0.306 e. The van der Waals surface area contributed by atoms with Crippen LogP contribution in [0, 0.1) is 0 Å². The Bertz CT molecular complexity index is 1610. The second kappa shape index (κ2) is 55.6. The molecule has 0 aromatic heterocycles. The Morgan fingerprint density at radius 2 is 0.551 bits per heavy atom. The molecular weight excluding hydrogens is 853 g/mol. The van der Waals surface area contributed by atoms with Gasteiger partial charge in [-0.25, -0.2) is 0 Å². The van der Waals surface area contributed by atoms with E-state index in [4.69, 9.17) is 14.2 Å². The normalized spacial score (nSPS) is 13.4. The lowest BCUT2D eigenvalue weighted by Crippen LogP contribution is -2.30. The van der Waals surface area contributed by atoms with Crippen molar-refractivity contribution >= 4 is 17.9 Å². The average Bonchev–Trinajstić information content (AvgIpc) is 3.35. The second-order valence-electron chi connectivity index (χ2n) is 17.0. The monoisotopic (exact) mass is 949 g/mol. The van der Waals surface area contributed by atoms with Gasteiger partial charge in [-0.05, 0) is 128 Å². The number of unbranched alkanes of at least 4 members (excludes halogenated alkanes) is 9. The van der Waals surface area contributed by atoms with E-state index in [0.29, 0.717) is 12.8 Å². The van der Waals surface area contributed by atoms with E-state index in [1.807, 2.05) is 12.2 Å². The third kappa shape index (κ3) is 53.8. The fourth-order valence-electron chi connectivity index (χ4n) is 6.59. The SMILES string of the molecule is CC/C=C\C/C=C\C/C=C\C/C=C\C/C=C\CCCCCC(=O)OCC(COC(=O)CC/C=C\C/C=C\C/C=C\C/C=C\CC)OC(=O)CCCCCCCC/C=C\C/C=C\C/C=C\C/C=C\CC. The molecule has 0 spiro atoms. The fraction of sp³-hybridized carbons (Fsp3) is 0.540. The average molecular weight is 949 g/mol. The molecule has 0 aliphatic heterocycles. The van der Waals surface area contributed by atoms with E-state index in [1.165, 1.54) is 12.8 Å². The van der Waals surface area contributed by atoms with Crippen LogP contribution in [0.1, 0.15) is 201 Å². The van der Waals surface area contributed by atoms with Crippen LogP contribution in [0.4, 0.5) is 0 Å². The molecule has 0 aliphatic rings. The van der Waals surface area contributed by atoms with Gasteiger partial charge in [0, 0.05) is 19.3 Å². The van der Waals surface area contributed by atoms with Crippen molar-refractivity contribution in [3.63, 3.8) is 0 Å². The molecule has 0 rings (SSSR count). The number of carbonyl (C=O) groups excluding carboxylic acids is 3. The molecule has 0 heterocycles. The van der Waals surface area contributed by atoms with Gasteiger partial charge in [0.15, 0.2) is 6.10 Å². The summed E-state index contributed by atoms with van der Waals surface area (Å²) in [6.07, 6.45) is 81.0. The maximum atomic E-state index is 12.8. The minimum atomic E-state index is -0.837. The highest BCUT2D eigenvalue weighted by Gasteiger charge is 2.19. The van der Waals surface area contributed by atoms with Gasteiger partial charge >= 0.3 is 17.9 Å². The van der Waals surface area contributed by atoms with Gasteiger partial charge in [0.05, 0.1) is 0 Å². The molecule has 69 heavy (non-hydrogen) atoms. The van der Waals surface area contributed by atoms with Crippen molar-refractivity contribution in [1.29, 1.82) is 0 Å². The van der Waals surface area contributed by atoms with Crippen LogP contribution >= 0.6 is 0 Å². The van der Waals surface area contributed by atoms with E-state index in [-0.39, 0.29) is 44.0 Å². The number of rotatable bonds is 46. The first-order valence-electron chi connectivity index (χ1n) is 27.0. The number of ether oxygens (including phenoxy) is 3. The van der Waals surface area contributed by atoms with Gasteiger partial charge in [-0.2, -0.15) is 0 Å². The number of carbonyl (C=O) groups is 3. The summed E-state index contributed by atoms with van der Waals surface area (Å²) >= 11 is 0. The lowest BCUT2D eigenvalue weighted by molar-refractivity contribution is -0.166. The summed E-state index contributed by atoms with van der Waals surface area (Å²) in [4.78, 5) is 38.0. The Labute approximate surface area is 422 Å². The number of hydrogen-bond acceptors (Lipinski definition) is 6. The van der Waals surface area contributed by atoms with Crippen molar-refractivity contribution in [3.8, 4) is 0 Å². The molecule has 1 unspecified atom stereocenters. The lowest BCUT2D eigenvalue weighted by atomic mass is 10.1. The molecule has 0 saturated heterocycles. The minimum Gasteiger partial charge on any atom is -0.462 e. The van der Waals surface area contributed by atoms with Crippen LogP contribution in [0.25, 0.3) is 0 Å². The summed E-state index contributed by atoms with van der Waals surface area (Å²) in [7, 11) is 0. The topological polar surface area (TPSA) is 78.9 Å². The first-order chi connectivity index (χ1) is 34.0. The lowest BCUT2D eigenvalue weighted by Gasteiger charge is -2.18. The van der Waals surface area contributed by atoms with Gasteiger partial charge in [-0.15, -0.1) is 0 Å².